The van der Waals surface area contributed by atoms with Crippen molar-refractivity contribution < 1.29 is 23.1 Å². The summed E-state index contributed by atoms with van der Waals surface area (Å²) in [6.07, 6.45) is -4.31. The van der Waals surface area contributed by atoms with Crippen molar-refractivity contribution in [3.05, 3.63) is 35.4 Å². The Hall–Kier alpha value is -1.56. The highest BCUT2D eigenvalue weighted by Gasteiger charge is 2.46. The largest absolute Gasteiger partial charge is 0.416 e. The fraction of sp³-hybridized carbons (Fsp3) is 0.588. The molecular weight excluding hydrogens is 307 g/mol. The van der Waals surface area contributed by atoms with E-state index in [2.05, 4.69) is 0 Å². The number of nitrogens with zero attached hydrogens (tertiary/aromatic N) is 1. The number of alkyl halides is 3. The van der Waals surface area contributed by atoms with Gasteiger partial charge in [0.25, 0.3) is 0 Å². The van der Waals surface area contributed by atoms with Gasteiger partial charge in [-0.25, -0.2) is 0 Å². The highest BCUT2D eigenvalue weighted by atomic mass is 19.4. The lowest BCUT2D eigenvalue weighted by molar-refractivity contribution is -0.138. The summed E-state index contributed by atoms with van der Waals surface area (Å²) in [6.45, 7) is 5.67. The Balaban J connectivity index is 2.04. The number of halogens is 3. The second-order valence-corrected chi connectivity index (χ2v) is 6.50. The van der Waals surface area contributed by atoms with Crippen molar-refractivity contribution >= 4 is 5.91 Å². The maximum atomic E-state index is 12.6. The summed E-state index contributed by atoms with van der Waals surface area (Å²) in [4.78, 5) is 14.2. The molecule has 0 aliphatic heterocycles. The van der Waals surface area contributed by atoms with Crippen LogP contribution in [0, 0.1) is 5.92 Å². The van der Waals surface area contributed by atoms with Gasteiger partial charge >= 0.3 is 6.18 Å². The van der Waals surface area contributed by atoms with Gasteiger partial charge < -0.3 is 10.0 Å². The van der Waals surface area contributed by atoms with E-state index in [9.17, 15) is 23.1 Å². The molecule has 0 spiro atoms. The van der Waals surface area contributed by atoms with Crippen molar-refractivity contribution in [1.29, 1.82) is 0 Å². The number of carbonyl (C=O) groups excluding carboxylic acids is 1. The number of aliphatic hydroxyl groups excluding tert-OH is 1. The van der Waals surface area contributed by atoms with Gasteiger partial charge in [0.2, 0.25) is 5.91 Å². The van der Waals surface area contributed by atoms with Gasteiger partial charge in [-0.3, -0.25) is 4.79 Å². The van der Waals surface area contributed by atoms with Gasteiger partial charge in [0.15, 0.2) is 0 Å². The molecule has 128 valence electrons. The lowest BCUT2D eigenvalue weighted by atomic mass is 10.1. The van der Waals surface area contributed by atoms with Crippen molar-refractivity contribution in [2.24, 2.45) is 5.92 Å². The summed E-state index contributed by atoms with van der Waals surface area (Å²) < 4.78 is 37.7. The van der Waals surface area contributed by atoms with E-state index < -0.39 is 17.8 Å². The molecule has 1 aliphatic rings. The molecule has 1 N–H and O–H groups in total. The smallest absolute Gasteiger partial charge is 0.392 e. The second kappa shape index (κ2) is 6.51. The van der Waals surface area contributed by atoms with Crippen LogP contribution in [0.15, 0.2) is 24.3 Å². The minimum absolute atomic E-state index is 0.0223. The molecule has 3 unspecified atom stereocenters. The van der Waals surface area contributed by atoms with Crippen LogP contribution in [0.25, 0.3) is 0 Å². The van der Waals surface area contributed by atoms with E-state index in [-0.39, 0.29) is 30.3 Å². The first-order valence-corrected chi connectivity index (χ1v) is 7.77. The number of amides is 1. The monoisotopic (exact) mass is 329 g/mol. The van der Waals surface area contributed by atoms with Gasteiger partial charge in [0.05, 0.1) is 11.7 Å². The van der Waals surface area contributed by atoms with Crippen LogP contribution in [0.2, 0.25) is 0 Å². The number of aliphatic hydroxyl groups is 1. The Morgan fingerprint density at radius 2 is 1.83 bits per heavy atom. The van der Waals surface area contributed by atoms with Crippen LogP contribution >= 0.6 is 0 Å². The van der Waals surface area contributed by atoms with E-state index in [1.807, 2.05) is 13.8 Å². The molecular formula is C17H22F3NO2. The van der Waals surface area contributed by atoms with Gasteiger partial charge in [-0.1, -0.05) is 12.1 Å². The average molecular weight is 329 g/mol. The van der Waals surface area contributed by atoms with E-state index in [0.29, 0.717) is 6.42 Å². The quantitative estimate of drug-likeness (QED) is 0.899. The number of hydrogen-bond acceptors (Lipinski definition) is 2. The highest BCUT2D eigenvalue weighted by molar-refractivity contribution is 5.83. The topological polar surface area (TPSA) is 40.5 Å². The van der Waals surface area contributed by atoms with Gasteiger partial charge in [-0.2, -0.15) is 13.2 Å². The molecule has 6 heteroatoms. The van der Waals surface area contributed by atoms with Crippen molar-refractivity contribution in [2.75, 3.05) is 6.54 Å². The van der Waals surface area contributed by atoms with Gasteiger partial charge in [-0.05, 0) is 50.8 Å². The molecule has 3 atom stereocenters. The third-order valence-corrected chi connectivity index (χ3v) is 4.14. The zero-order valence-corrected chi connectivity index (χ0v) is 13.5. The maximum Gasteiger partial charge on any atom is 0.416 e. The van der Waals surface area contributed by atoms with E-state index in [4.69, 9.17) is 0 Å². The van der Waals surface area contributed by atoms with Crippen LogP contribution in [0.3, 0.4) is 0 Å². The third-order valence-electron chi connectivity index (χ3n) is 4.14. The van der Waals surface area contributed by atoms with Crippen molar-refractivity contribution in [2.45, 2.75) is 51.4 Å². The summed E-state index contributed by atoms with van der Waals surface area (Å²) in [7, 11) is 0. The standard InChI is InChI=1S/C17H22F3NO2/c1-10(2)21(9-11(3)22)16(23)15-8-14(15)12-4-6-13(7-5-12)17(18,19)20/h4-7,10-11,14-15,22H,8-9H2,1-3H3. The van der Waals surface area contributed by atoms with Gasteiger partial charge in [0, 0.05) is 18.5 Å². The van der Waals surface area contributed by atoms with E-state index in [0.717, 1.165) is 17.7 Å². The predicted octanol–water partition coefficient (Wildman–Crippen LogP) is 3.43. The lowest BCUT2D eigenvalue weighted by Crippen LogP contribution is -2.42. The molecule has 3 nitrogen and oxygen atoms in total. The highest BCUT2D eigenvalue weighted by Crippen LogP contribution is 2.49. The molecule has 0 aromatic heterocycles. The zero-order valence-electron chi connectivity index (χ0n) is 13.5. The van der Waals surface area contributed by atoms with Crippen LogP contribution in [0.4, 0.5) is 13.2 Å². The van der Waals surface area contributed by atoms with Crippen LogP contribution in [0.5, 0.6) is 0 Å². The first-order valence-electron chi connectivity index (χ1n) is 7.77. The van der Waals surface area contributed by atoms with Gasteiger partial charge in [0.1, 0.15) is 0 Å². The molecule has 1 aromatic rings. The number of hydrogen-bond donors (Lipinski definition) is 1. The molecule has 1 aliphatic carbocycles. The normalized spacial score (nSPS) is 22.1. The summed E-state index contributed by atoms with van der Waals surface area (Å²) >= 11 is 0. The van der Waals surface area contributed by atoms with Crippen molar-refractivity contribution in [3.8, 4) is 0 Å². The Bertz CT molecular complexity index is 552. The Morgan fingerprint density at radius 1 is 1.26 bits per heavy atom. The van der Waals surface area contributed by atoms with E-state index in [1.165, 1.54) is 12.1 Å². The molecule has 1 amide bonds. The fourth-order valence-corrected chi connectivity index (χ4v) is 2.81. The first-order chi connectivity index (χ1) is 10.6. The zero-order chi connectivity index (χ0) is 17.4. The number of rotatable bonds is 5. The average Bonchev–Trinajstić information content (AvgIpc) is 3.23. The van der Waals surface area contributed by atoms with E-state index in [1.54, 1.807) is 11.8 Å². The van der Waals surface area contributed by atoms with Crippen LogP contribution < -0.4 is 0 Å². The van der Waals surface area contributed by atoms with Gasteiger partial charge in [-0.15, -0.1) is 0 Å². The molecule has 0 saturated heterocycles. The predicted molar refractivity (Wildman–Crippen MR) is 80.8 cm³/mol. The van der Waals surface area contributed by atoms with Crippen molar-refractivity contribution in [1.82, 2.24) is 4.90 Å². The summed E-state index contributed by atoms with van der Waals surface area (Å²) in [5.74, 6) is -0.265. The van der Waals surface area contributed by atoms with Crippen LogP contribution in [-0.2, 0) is 11.0 Å². The Kier molecular flexibility index (Phi) is 5.04. The summed E-state index contributed by atoms with van der Waals surface area (Å²) in [6, 6.07) is 5.01. The van der Waals surface area contributed by atoms with E-state index >= 15 is 0 Å². The lowest BCUT2D eigenvalue weighted by Gasteiger charge is -2.28. The molecule has 0 heterocycles. The summed E-state index contributed by atoms with van der Waals surface area (Å²) in [5.41, 5.74) is 0.0831. The molecule has 23 heavy (non-hydrogen) atoms. The minimum atomic E-state index is -4.34. The fourth-order valence-electron chi connectivity index (χ4n) is 2.81. The van der Waals surface area contributed by atoms with Crippen LogP contribution in [0.1, 0.15) is 44.2 Å². The number of carbonyl (C=O) groups is 1. The SMILES string of the molecule is CC(O)CN(C(=O)C1CC1c1ccc(C(F)(F)F)cc1)C(C)C. The third kappa shape index (κ3) is 4.25. The molecule has 0 radical (unpaired) electrons. The first kappa shape index (κ1) is 17.8. The Morgan fingerprint density at radius 3 is 2.26 bits per heavy atom. The molecule has 2 rings (SSSR count). The molecule has 1 saturated carbocycles. The Labute approximate surface area is 134 Å². The second-order valence-electron chi connectivity index (χ2n) is 6.50. The maximum absolute atomic E-state index is 12.6. The minimum Gasteiger partial charge on any atom is -0.392 e. The number of benzene rings is 1. The van der Waals surface area contributed by atoms with Crippen LogP contribution in [-0.4, -0.2) is 34.6 Å². The van der Waals surface area contributed by atoms with Crippen molar-refractivity contribution in [3.63, 3.8) is 0 Å². The summed E-state index contributed by atoms with van der Waals surface area (Å²) in [5, 5.41) is 9.51. The molecule has 1 aromatic carbocycles. The molecule has 1 fully saturated rings. The molecule has 0 bridgehead atoms.